The lowest BCUT2D eigenvalue weighted by Crippen LogP contribution is -2.28. The van der Waals surface area contributed by atoms with Gasteiger partial charge in [0.15, 0.2) is 6.29 Å². The van der Waals surface area contributed by atoms with E-state index in [1.165, 1.54) is 0 Å². The molecule has 0 spiro atoms. The van der Waals surface area contributed by atoms with Crippen LogP contribution < -0.4 is 0 Å². The van der Waals surface area contributed by atoms with Crippen LogP contribution in [0.25, 0.3) is 0 Å². The van der Waals surface area contributed by atoms with Crippen molar-refractivity contribution in [3.05, 3.63) is 38.0 Å². The van der Waals surface area contributed by atoms with Crippen molar-refractivity contribution < 1.29 is 57.6 Å². The molecule has 3 unspecified atom stereocenters. The van der Waals surface area contributed by atoms with Crippen molar-refractivity contribution in [3.8, 4) is 0 Å². The van der Waals surface area contributed by atoms with Gasteiger partial charge in [-0.2, -0.15) is 0 Å². The van der Waals surface area contributed by atoms with E-state index in [-0.39, 0.29) is 25.7 Å². The Bertz CT molecular complexity index is 686. The Morgan fingerprint density at radius 1 is 0.750 bits per heavy atom. The minimum Gasteiger partial charge on any atom is -0.459 e. The maximum Gasteiger partial charge on any atom is 0.330 e. The van der Waals surface area contributed by atoms with Gasteiger partial charge < -0.3 is 38.9 Å². The second-order valence-corrected chi connectivity index (χ2v) is 10.1. The molecule has 12 nitrogen and oxygen atoms in total. The average Bonchev–Trinajstić information content (AvgIpc) is 2.66. The smallest absolute Gasteiger partial charge is 0.330 e. The molecule has 0 fully saturated rings. The molecule has 0 aromatic carbocycles. The van der Waals surface area contributed by atoms with Gasteiger partial charge >= 0.3 is 27.1 Å². The molecule has 0 aromatic heterocycles. The van der Waals surface area contributed by atoms with Crippen LogP contribution in [0.1, 0.15) is 25.7 Å². The number of hydrogen-bond donors (Lipinski definition) is 5. The summed E-state index contributed by atoms with van der Waals surface area (Å²) in [5, 5.41) is 9.71. The highest BCUT2D eigenvalue weighted by Gasteiger charge is 2.28. The van der Waals surface area contributed by atoms with Gasteiger partial charge in [-0.05, 0) is 31.8 Å². The summed E-state index contributed by atoms with van der Waals surface area (Å²) in [6, 6.07) is 0. The second kappa shape index (κ2) is 14.5. The molecule has 0 saturated carbocycles. The lowest BCUT2D eigenvalue weighted by atomic mass is 10.0. The maximum absolute atomic E-state index is 11.4. The van der Waals surface area contributed by atoms with Crippen LogP contribution in [0.2, 0.25) is 0 Å². The quantitative estimate of drug-likeness (QED) is 0.0625. The van der Waals surface area contributed by atoms with Gasteiger partial charge in [0.2, 0.25) is 0 Å². The minimum atomic E-state index is -4.53. The molecule has 0 amide bonds. The van der Waals surface area contributed by atoms with Gasteiger partial charge in [-0.1, -0.05) is 19.7 Å². The first-order valence-electron chi connectivity index (χ1n) is 9.40. The van der Waals surface area contributed by atoms with E-state index in [2.05, 4.69) is 19.7 Å². The topological polar surface area (TPSA) is 197 Å². The fraction of sp³-hybridized carbons (Fsp3) is 0.556. The zero-order valence-electron chi connectivity index (χ0n) is 17.4. The molecular formula is C18H30O12P2. The fourth-order valence-electron chi connectivity index (χ4n) is 2.61. The highest BCUT2D eigenvalue weighted by Crippen LogP contribution is 2.38. The third-order valence-corrected chi connectivity index (χ3v) is 5.70. The predicted molar refractivity (Wildman–Crippen MR) is 114 cm³/mol. The van der Waals surface area contributed by atoms with Gasteiger partial charge in [-0.25, -0.2) is 9.59 Å². The van der Waals surface area contributed by atoms with E-state index in [0.29, 0.717) is 0 Å². The number of aliphatic hydroxyl groups excluding tert-OH is 1. The lowest BCUT2D eigenvalue weighted by molar-refractivity contribution is -0.144. The fourth-order valence-corrected chi connectivity index (χ4v) is 4.18. The highest BCUT2D eigenvalue weighted by atomic mass is 31.2. The predicted octanol–water partition coefficient (Wildman–Crippen LogP) is 0.987. The van der Waals surface area contributed by atoms with Crippen LogP contribution in [0.5, 0.6) is 0 Å². The number of carbonyl (C=O) groups excluding carboxylic acids is 2. The van der Waals surface area contributed by atoms with Crippen molar-refractivity contribution >= 4 is 27.1 Å². The SMILES string of the molecule is C=CC(=O)OC(CCC(CCC(CP(=O)(O)O)OC(=O)C=C)OC(O)C=C)CP(=O)(O)O. The molecule has 0 aliphatic carbocycles. The Hall–Kier alpha value is -1.62. The number of rotatable bonds is 17. The van der Waals surface area contributed by atoms with Gasteiger partial charge in [-0.3, -0.25) is 9.13 Å². The van der Waals surface area contributed by atoms with Crippen LogP contribution >= 0.6 is 15.2 Å². The van der Waals surface area contributed by atoms with E-state index < -0.39 is 64.1 Å². The molecule has 0 aliphatic rings. The first-order chi connectivity index (χ1) is 14.7. The van der Waals surface area contributed by atoms with Gasteiger partial charge in [0.25, 0.3) is 0 Å². The van der Waals surface area contributed by atoms with Crippen molar-refractivity contribution in [2.75, 3.05) is 12.3 Å². The number of hydrogen-bond acceptors (Lipinski definition) is 8. The summed E-state index contributed by atoms with van der Waals surface area (Å²) >= 11 is 0. The lowest BCUT2D eigenvalue weighted by Gasteiger charge is -2.25. The number of esters is 2. The van der Waals surface area contributed by atoms with Crippen molar-refractivity contribution in [1.29, 1.82) is 0 Å². The number of ether oxygens (including phenoxy) is 3. The number of carbonyl (C=O) groups is 2. The first kappa shape index (κ1) is 30.4. The Kier molecular flexibility index (Phi) is 13.8. The van der Waals surface area contributed by atoms with E-state index in [4.69, 9.17) is 14.2 Å². The van der Waals surface area contributed by atoms with E-state index in [1.54, 1.807) is 0 Å². The monoisotopic (exact) mass is 500 g/mol. The molecule has 0 rings (SSSR count). The molecule has 0 heterocycles. The average molecular weight is 500 g/mol. The van der Waals surface area contributed by atoms with Crippen LogP contribution in [-0.4, -0.2) is 73.5 Å². The zero-order valence-corrected chi connectivity index (χ0v) is 19.2. The van der Waals surface area contributed by atoms with Crippen molar-refractivity contribution in [1.82, 2.24) is 0 Å². The van der Waals surface area contributed by atoms with Gasteiger partial charge in [0.1, 0.15) is 12.2 Å². The standard InChI is InChI=1S/C18H30O12P2/c1-4-16(19)28-13(7-9-14(11-31(22,23)24)29-17(20)5-2)8-10-15(12-32(25,26)27)30-18(21)6-3/h4-6,13-16,19H,1-3,7-12H2,(H2,22,23,24)(H2,25,26,27). The largest absolute Gasteiger partial charge is 0.459 e. The Morgan fingerprint density at radius 2 is 1.09 bits per heavy atom. The molecule has 0 aromatic rings. The summed E-state index contributed by atoms with van der Waals surface area (Å²) in [4.78, 5) is 59.7. The van der Waals surface area contributed by atoms with Gasteiger partial charge in [0, 0.05) is 12.2 Å². The maximum atomic E-state index is 11.4. The molecule has 0 aliphatic heterocycles. The second-order valence-electron chi connectivity index (χ2n) is 6.76. The van der Waals surface area contributed by atoms with Gasteiger partial charge in [0.05, 0.1) is 18.4 Å². The summed E-state index contributed by atoms with van der Waals surface area (Å²) in [6.45, 7) is 9.79. The van der Waals surface area contributed by atoms with E-state index in [1.807, 2.05) is 0 Å². The summed E-state index contributed by atoms with van der Waals surface area (Å²) in [5.74, 6) is -1.77. The van der Waals surface area contributed by atoms with E-state index in [0.717, 1.165) is 18.2 Å². The Morgan fingerprint density at radius 3 is 1.38 bits per heavy atom. The molecule has 0 bridgehead atoms. The first-order valence-corrected chi connectivity index (χ1v) is 13.0. The molecule has 32 heavy (non-hydrogen) atoms. The highest BCUT2D eigenvalue weighted by molar-refractivity contribution is 7.52. The third-order valence-electron chi connectivity index (χ3n) is 3.94. The molecule has 0 saturated heterocycles. The van der Waals surface area contributed by atoms with Gasteiger partial charge in [-0.15, -0.1) is 0 Å². The summed E-state index contributed by atoms with van der Waals surface area (Å²) < 4.78 is 37.9. The minimum absolute atomic E-state index is 0.0258. The molecule has 5 N–H and O–H groups in total. The van der Waals surface area contributed by atoms with Crippen LogP contribution in [0.4, 0.5) is 0 Å². The summed E-state index contributed by atoms with van der Waals surface area (Å²) in [6.07, 6.45) is -3.45. The number of aliphatic hydroxyl groups is 1. The van der Waals surface area contributed by atoms with Crippen LogP contribution in [-0.2, 0) is 32.9 Å². The molecule has 14 heteroatoms. The zero-order chi connectivity index (χ0) is 24.9. The summed E-state index contributed by atoms with van der Waals surface area (Å²) in [7, 11) is -9.05. The van der Waals surface area contributed by atoms with Crippen molar-refractivity contribution in [2.45, 2.75) is 50.3 Å². The molecule has 0 radical (unpaired) electrons. The van der Waals surface area contributed by atoms with Crippen LogP contribution in [0.3, 0.4) is 0 Å². The van der Waals surface area contributed by atoms with Crippen LogP contribution in [0.15, 0.2) is 38.0 Å². The Balaban J connectivity index is 5.31. The van der Waals surface area contributed by atoms with E-state index in [9.17, 15) is 43.4 Å². The molecule has 3 atom stereocenters. The van der Waals surface area contributed by atoms with Crippen molar-refractivity contribution in [2.24, 2.45) is 0 Å². The molecular weight excluding hydrogens is 470 g/mol. The normalized spacial score (nSPS) is 15.7. The summed E-state index contributed by atoms with van der Waals surface area (Å²) in [5.41, 5.74) is 0. The third kappa shape index (κ3) is 16.1. The van der Waals surface area contributed by atoms with E-state index >= 15 is 0 Å². The Labute approximate surface area is 185 Å². The molecule has 184 valence electrons. The van der Waals surface area contributed by atoms with Crippen molar-refractivity contribution in [3.63, 3.8) is 0 Å². The van der Waals surface area contributed by atoms with Crippen LogP contribution in [0, 0.1) is 0 Å².